The van der Waals surface area contributed by atoms with Gasteiger partial charge < -0.3 is 19.8 Å². The van der Waals surface area contributed by atoms with Crippen LogP contribution in [0.2, 0.25) is 0 Å². The fourth-order valence-corrected chi connectivity index (χ4v) is 6.85. The van der Waals surface area contributed by atoms with Crippen LogP contribution >= 0.6 is 7.82 Å². The van der Waals surface area contributed by atoms with Crippen molar-refractivity contribution in [1.82, 2.24) is 5.32 Å². The number of allylic oxidation sites excluding steroid dienone is 23. The van der Waals surface area contributed by atoms with E-state index in [2.05, 4.69) is 146 Å². The highest BCUT2D eigenvalue weighted by molar-refractivity contribution is 7.47. The van der Waals surface area contributed by atoms with Crippen molar-refractivity contribution < 1.29 is 32.9 Å². The Hall–Kier alpha value is -3.62. The predicted octanol–water partition coefficient (Wildman–Crippen LogP) is 15.0. The fraction of sp³-hybridized carbons (Fsp3) is 0.561. The van der Waals surface area contributed by atoms with Crippen LogP contribution in [-0.4, -0.2) is 73.4 Å². The van der Waals surface area contributed by atoms with Crippen LogP contribution in [0.25, 0.3) is 0 Å². The first-order valence-electron chi connectivity index (χ1n) is 25.2. The highest BCUT2D eigenvalue weighted by Crippen LogP contribution is 2.43. The molecule has 8 nitrogen and oxygen atoms in total. The van der Waals surface area contributed by atoms with E-state index in [0.29, 0.717) is 17.4 Å². The standard InChI is InChI=1S/C57H93N2O6P/c1-6-8-10-11-12-13-14-15-16-17-18-19-20-21-22-23-24-25-26-27-28-29-30-31-32-33-34-35-36-37-38-39-40-41-42-43-44-45-46-47-49-51-57(61)58-55(56(60)50-48-9-7-2)54-65-66(62,63)64-53-52-59(3,4)5/h8,10,12-13,15-16,18-19,21-22,24-25,27-28,30-31,33-34,36-37,39-40,48,50,55-56,60H,6-7,9,11,14,17,20,23,26,29,32,35,38,41-47,49,51-54H2,1-5H3,(H-,58,61,62,63)/p+1/b10-8-,13-12-,16-15-,19-18-,22-21-,25-24-,28-27-,31-30-,34-33-,37-36-,40-39-,50-48+. The van der Waals surface area contributed by atoms with Crippen LogP contribution in [0.15, 0.2) is 146 Å². The molecule has 0 aromatic heterocycles. The molecule has 3 atom stereocenters. The third kappa shape index (κ3) is 48.3. The minimum absolute atomic E-state index is 0.0497. The lowest BCUT2D eigenvalue weighted by Gasteiger charge is -2.25. The van der Waals surface area contributed by atoms with Gasteiger partial charge in [0.2, 0.25) is 5.91 Å². The van der Waals surface area contributed by atoms with E-state index in [1.807, 2.05) is 34.1 Å². The molecule has 0 aromatic carbocycles. The van der Waals surface area contributed by atoms with Gasteiger partial charge in [-0.05, 0) is 96.3 Å². The van der Waals surface area contributed by atoms with Crippen LogP contribution in [0.3, 0.4) is 0 Å². The molecule has 0 rings (SSSR count). The molecule has 0 spiro atoms. The number of rotatable bonds is 43. The average molecular weight is 934 g/mol. The van der Waals surface area contributed by atoms with Crippen LogP contribution in [0.5, 0.6) is 0 Å². The zero-order chi connectivity index (χ0) is 48.5. The number of phosphoric ester groups is 1. The Morgan fingerprint density at radius 3 is 1.30 bits per heavy atom. The van der Waals surface area contributed by atoms with Gasteiger partial charge in [-0.15, -0.1) is 0 Å². The Morgan fingerprint density at radius 1 is 0.530 bits per heavy atom. The number of nitrogens with zero attached hydrogens (tertiary/aromatic N) is 1. The number of carbonyl (C=O) groups is 1. The third-order valence-corrected chi connectivity index (χ3v) is 11.0. The second kappa shape index (κ2) is 46.5. The monoisotopic (exact) mass is 934 g/mol. The number of likely N-dealkylation sites (N-methyl/N-ethyl adjacent to an activating group) is 1. The van der Waals surface area contributed by atoms with Gasteiger partial charge in [-0.1, -0.05) is 198 Å². The fourth-order valence-electron chi connectivity index (χ4n) is 6.11. The molecule has 66 heavy (non-hydrogen) atoms. The number of hydrogen-bond donors (Lipinski definition) is 3. The number of unbranched alkanes of at least 4 members (excludes halogenated alkanes) is 8. The Kier molecular flexibility index (Phi) is 43.9. The Labute approximate surface area is 404 Å². The van der Waals surface area contributed by atoms with Crippen molar-refractivity contribution in [3.05, 3.63) is 146 Å². The highest BCUT2D eigenvalue weighted by atomic mass is 31.2. The molecule has 3 unspecified atom stereocenters. The van der Waals surface area contributed by atoms with Gasteiger partial charge in [0.15, 0.2) is 0 Å². The molecule has 1 amide bonds. The molecule has 0 aliphatic rings. The molecule has 9 heteroatoms. The van der Waals surface area contributed by atoms with Crippen molar-refractivity contribution in [3.63, 3.8) is 0 Å². The van der Waals surface area contributed by atoms with Gasteiger partial charge >= 0.3 is 7.82 Å². The molecule has 372 valence electrons. The second-order valence-electron chi connectivity index (χ2n) is 17.5. The molecule has 0 fully saturated rings. The van der Waals surface area contributed by atoms with Crippen molar-refractivity contribution in [2.24, 2.45) is 0 Å². The molecular weight excluding hydrogens is 840 g/mol. The van der Waals surface area contributed by atoms with Crippen molar-refractivity contribution in [2.45, 2.75) is 167 Å². The first kappa shape index (κ1) is 62.4. The van der Waals surface area contributed by atoms with Crippen LogP contribution in [0, 0.1) is 0 Å². The number of aliphatic hydroxyl groups is 1. The van der Waals surface area contributed by atoms with E-state index in [1.54, 1.807) is 6.08 Å². The summed E-state index contributed by atoms with van der Waals surface area (Å²) >= 11 is 0. The average Bonchev–Trinajstić information content (AvgIpc) is 3.27. The Balaban J connectivity index is 3.91. The van der Waals surface area contributed by atoms with E-state index in [9.17, 15) is 19.4 Å². The van der Waals surface area contributed by atoms with E-state index < -0.39 is 20.0 Å². The van der Waals surface area contributed by atoms with E-state index >= 15 is 0 Å². The second-order valence-corrected chi connectivity index (χ2v) is 18.9. The molecule has 0 bridgehead atoms. The number of quaternary nitrogens is 1. The molecule has 0 aliphatic carbocycles. The minimum atomic E-state index is -4.33. The molecular formula is C57H94N2O6P+. The maximum atomic E-state index is 12.7. The molecule has 0 saturated carbocycles. The normalized spacial score (nSPS) is 15.3. The summed E-state index contributed by atoms with van der Waals surface area (Å²) in [6.45, 7) is 4.43. The summed E-state index contributed by atoms with van der Waals surface area (Å²) in [5.41, 5.74) is 0. The van der Waals surface area contributed by atoms with Crippen molar-refractivity contribution in [1.29, 1.82) is 0 Å². The van der Waals surface area contributed by atoms with E-state index in [-0.39, 0.29) is 19.1 Å². The smallest absolute Gasteiger partial charge is 0.387 e. The van der Waals surface area contributed by atoms with E-state index in [4.69, 9.17) is 9.05 Å². The number of aliphatic hydroxyl groups excluding tert-OH is 1. The topological polar surface area (TPSA) is 105 Å². The summed E-state index contributed by atoms with van der Waals surface area (Å²) in [5, 5.41) is 13.5. The maximum absolute atomic E-state index is 12.7. The largest absolute Gasteiger partial charge is 0.472 e. The van der Waals surface area contributed by atoms with Crippen LogP contribution in [0.1, 0.15) is 155 Å². The molecule has 0 heterocycles. The Morgan fingerprint density at radius 2 is 0.909 bits per heavy atom. The number of phosphoric acid groups is 1. The summed E-state index contributed by atoms with van der Waals surface area (Å²) in [7, 11) is 1.53. The zero-order valence-electron chi connectivity index (χ0n) is 42.1. The van der Waals surface area contributed by atoms with Gasteiger partial charge in [0.05, 0.1) is 39.9 Å². The number of hydrogen-bond acceptors (Lipinski definition) is 5. The van der Waals surface area contributed by atoms with Gasteiger partial charge in [0.25, 0.3) is 0 Å². The molecule has 3 N–H and O–H groups in total. The number of carbonyl (C=O) groups excluding carboxylic acids is 1. The van der Waals surface area contributed by atoms with Gasteiger partial charge in [0.1, 0.15) is 13.2 Å². The number of amides is 1. The zero-order valence-corrected chi connectivity index (χ0v) is 43.0. The van der Waals surface area contributed by atoms with E-state index in [1.165, 1.54) is 19.3 Å². The Bertz CT molecular complexity index is 1570. The quantitative estimate of drug-likeness (QED) is 0.0243. The van der Waals surface area contributed by atoms with Gasteiger partial charge in [0, 0.05) is 6.42 Å². The first-order valence-corrected chi connectivity index (χ1v) is 26.7. The van der Waals surface area contributed by atoms with E-state index in [0.717, 1.165) is 116 Å². The SMILES string of the molecule is CC/C=C\C/C=C\C/C=C\C/C=C\C/C=C\C/C=C\C/C=C\C/C=C\C/C=C\C/C=C\C/C=C\CCCCCCCCCC(=O)NC(COP(=O)(O)OCC[N+](C)(C)C)C(O)/C=C/CCC. The van der Waals surface area contributed by atoms with Gasteiger partial charge in [-0.2, -0.15) is 0 Å². The molecule has 0 aromatic rings. The molecule has 0 saturated heterocycles. The summed E-state index contributed by atoms with van der Waals surface area (Å²) in [4.78, 5) is 22.8. The minimum Gasteiger partial charge on any atom is -0.387 e. The third-order valence-electron chi connectivity index (χ3n) is 10.0. The van der Waals surface area contributed by atoms with Crippen molar-refractivity contribution in [3.8, 4) is 0 Å². The summed E-state index contributed by atoms with van der Waals surface area (Å²) in [6.07, 6.45) is 73.2. The van der Waals surface area contributed by atoms with Crippen LogP contribution in [0.4, 0.5) is 0 Å². The summed E-state index contributed by atoms with van der Waals surface area (Å²) in [5.74, 6) is -0.209. The summed E-state index contributed by atoms with van der Waals surface area (Å²) in [6, 6.07) is -0.858. The highest BCUT2D eigenvalue weighted by Gasteiger charge is 2.27. The summed E-state index contributed by atoms with van der Waals surface area (Å²) < 4.78 is 23.2. The predicted molar refractivity (Wildman–Crippen MR) is 285 cm³/mol. The van der Waals surface area contributed by atoms with Gasteiger partial charge in [-0.3, -0.25) is 13.8 Å². The lowest BCUT2D eigenvalue weighted by molar-refractivity contribution is -0.870. The van der Waals surface area contributed by atoms with Crippen molar-refractivity contribution in [2.75, 3.05) is 40.9 Å². The van der Waals surface area contributed by atoms with Crippen LogP contribution < -0.4 is 5.32 Å². The molecule has 0 aliphatic heterocycles. The molecule has 0 radical (unpaired) electrons. The van der Waals surface area contributed by atoms with Gasteiger partial charge in [-0.25, -0.2) is 4.57 Å². The first-order chi connectivity index (χ1) is 32.0. The maximum Gasteiger partial charge on any atom is 0.472 e. The number of nitrogens with one attached hydrogen (secondary N) is 1. The van der Waals surface area contributed by atoms with Crippen LogP contribution in [-0.2, 0) is 18.4 Å². The lowest BCUT2D eigenvalue weighted by atomic mass is 10.1. The lowest BCUT2D eigenvalue weighted by Crippen LogP contribution is -2.45. The van der Waals surface area contributed by atoms with Crippen molar-refractivity contribution >= 4 is 13.7 Å².